The molecule has 0 aliphatic carbocycles. The van der Waals surface area contributed by atoms with Crippen LogP contribution in [0.3, 0.4) is 0 Å². The van der Waals surface area contributed by atoms with E-state index >= 15 is 0 Å². The minimum absolute atomic E-state index is 0.0925. The second kappa shape index (κ2) is 8.59. The Morgan fingerprint density at radius 1 is 1.30 bits per heavy atom. The average Bonchev–Trinajstić information content (AvgIpc) is 2.39. The molecule has 0 saturated carbocycles. The van der Waals surface area contributed by atoms with Gasteiger partial charge in [-0.3, -0.25) is 4.79 Å². The van der Waals surface area contributed by atoms with Gasteiger partial charge in [0.1, 0.15) is 0 Å². The number of amides is 2. The number of hydrogen-bond donors (Lipinski definition) is 3. The van der Waals surface area contributed by atoms with Crippen LogP contribution in [0, 0.1) is 12.3 Å². The van der Waals surface area contributed by atoms with E-state index in [-0.39, 0.29) is 19.0 Å². The van der Waals surface area contributed by atoms with Gasteiger partial charge in [-0.2, -0.15) is 0 Å². The molecular formula is C15H18N2O3. The number of carboxylic acids is 1. The predicted octanol–water partition coefficient (Wildman–Crippen LogP) is 1.39. The molecule has 2 amide bonds. The van der Waals surface area contributed by atoms with E-state index in [1.54, 1.807) is 0 Å². The average molecular weight is 274 g/mol. The Bertz CT molecular complexity index is 480. The molecule has 1 aromatic carbocycles. The molecule has 5 heteroatoms. The number of aliphatic carboxylic acids is 1. The SMILES string of the molecule is C#CCC(Cc1ccccc1)NC(=O)NCCC(=O)O. The van der Waals surface area contributed by atoms with Gasteiger partial charge in [-0.25, -0.2) is 4.79 Å². The zero-order chi connectivity index (χ0) is 14.8. The van der Waals surface area contributed by atoms with E-state index in [9.17, 15) is 9.59 Å². The van der Waals surface area contributed by atoms with E-state index < -0.39 is 12.0 Å². The van der Waals surface area contributed by atoms with Crippen molar-refractivity contribution in [1.82, 2.24) is 10.6 Å². The Hall–Kier alpha value is -2.48. The summed E-state index contributed by atoms with van der Waals surface area (Å²) in [6.45, 7) is 0.0925. The minimum atomic E-state index is -0.949. The van der Waals surface area contributed by atoms with Crippen LogP contribution in [-0.2, 0) is 11.2 Å². The fraction of sp³-hybridized carbons (Fsp3) is 0.333. The maximum atomic E-state index is 11.6. The Kier molecular flexibility index (Phi) is 6.69. The van der Waals surface area contributed by atoms with Crippen LogP contribution in [0.5, 0.6) is 0 Å². The van der Waals surface area contributed by atoms with Crippen molar-refractivity contribution in [3.05, 3.63) is 35.9 Å². The molecule has 0 aromatic heterocycles. The normalized spacial score (nSPS) is 11.2. The molecule has 0 saturated heterocycles. The maximum absolute atomic E-state index is 11.6. The number of carboxylic acid groups (broad SMARTS) is 1. The summed E-state index contributed by atoms with van der Waals surface area (Å²) in [6, 6.07) is 9.13. The van der Waals surface area contributed by atoms with E-state index in [0.29, 0.717) is 12.8 Å². The summed E-state index contributed by atoms with van der Waals surface area (Å²) < 4.78 is 0. The Balaban J connectivity index is 2.44. The zero-order valence-corrected chi connectivity index (χ0v) is 11.1. The number of benzene rings is 1. The van der Waals surface area contributed by atoms with Crippen LogP contribution < -0.4 is 10.6 Å². The third-order valence-electron chi connectivity index (χ3n) is 2.65. The minimum Gasteiger partial charge on any atom is -0.481 e. The standard InChI is InChI=1S/C15H18N2O3/c1-2-6-13(11-12-7-4-3-5-8-12)17-15(20)16-10-9-14(18)19/h1,3-5,7-8,13H,6,9-11H2,(H,18,19)(H2,16,17,20). The fourth-order valence-corrected chi connectivity index (χ4v) is 1.73. The first kappa shape index (κ1) is 15.6. The molecule has 0 aliphatic heterocycles. The molecule has 0 bridgehead atoms. The lowest BCUT2D eigenvalue weighted by molar-refractivity contribution is -0.136. The Labute approximate surface area is 118 Å². The van der Waals surface area contributed by atoms with Gasteiger partial charge in [-0.15, -0.1) is 12.3 Å². The van der Waals surface area contributed by atoms with Gasteiger partial charge < -0.3 is 15.7 Å². The number of terminal acetylenes is 1. The summed E-state index contributed by atoms with van der Waals surface area (Å²) in [4.78, 5) is 22.0. The van der Waals surface area contributed by atoms with Crippen molar-refractivity contribution in [1.29, 1.82) is 0 Å². The van der Waals surface area contributed by atoms with Crippen molar-refractivity contribution in [2.45, 2.75) is 25.3 Å². The molecule has 106 valence electrons. The van der Waals surface area contributed by atoms with E-state index in [4.69, 9.17) is 11.5 Å². The smallest absolute Gasteiger partial charge is 0.315 e. The summed E-state index contributed by atoms with van der Waals surface area (Å²) in [7, 11) is 0. The summed E-state index contributed by atoms with van der Waals surface area (Å²) in [5, 5.41) is 13.7. The number of urea groups is 1. The second-order valence-corrected chi connectivity index (χ2v) is 4.34. The van der Waals surface area contributed by atoms with Crippen LogP contribution in [0.25, 0.3) is 0 Å². The highest BCUT2D eigenvalue weighted by atomic mass is 16.4. The van der Waals surface area contributed by atoms with Crippen LogP contribution in [0.15, 0.2) is 30.3 Å². The quantitative estimate of drug-likeness (QED) is 0.658. The second-order valence-electron chi connectivity index (χ2n) is 4.34. The Morgan fingerprint density at radius 2 is 2.00 bits per heavy atom. The van der Waals surface area contributed by atoms with Gasteiger partial charge in [0.25, 0.3) is 0 Å². The third-order valence-corrected chi connectivity index (χ3v) is 2.65. The highest BCUT2D eigenvalue weighted by Gasteiger charge is 2.12. The van der Waals surface area contributed by atoms with Gasteiger partial charge in [-0.05, 0) is 12.0 Å². The van der Waals surface area contributed by atoms with E-state index in [1.165, 1.54) is 0 Å². The van der Waals surface area contributed by atoms with Gasteiger partial charge in [-0.1, -0.05) is 30.3 Å². The first-order valence-corrected chi connectivity index (χ1v) is 6.35. The highest BCUT2D eigenvalue weighted by molar-refractivity contribution is 5.75. The molecule has 0 heterocycles. The number of hydrogen-bond acceptors (Lipinski definition) is 2. The van der Waals surface area contributed by atoms with Gasteiger partial charge in [0.15, 0.2) is 0 Å². The van der Waals surface area contributed by atoms with Crippen molar-refractivity contribution in [2.75, 3.05) is 6.54 Å². The number of carbonyl (C=O) groups is 2. The van der Waals surface area contributed by atoms with Crippen molar-refractivity contribution >= 4 is 12.0 Å². The predicted molar refractivity (Wildman–Crippen MR) is 76.2 cm³/mol. The molecule has 0 aliphatic rings. The summed E-state index contributed by atoms with van der Waals surface area (Å²) >= 11 is 0. The molecule has 0 fully saturated rings. The van der Waals surface area contributed by atoms with Crippen LogP contribution in [-0.4, -0.2) is 29.7 Å². The topological polar surface area (TPSA) is 78.4 Å². The summed E-state index contributed by atoms with van der Waals surface area (Å²) in [5.41, 5.74) is 1.08. The molecule has 0 radical (unpaired) electrons. The van der Waals surface area contributed by atoms with Crippen LogP contribution in [0.4, 0.5) is 4.79 Å². The van der Waals surface area contributed by atoms with Crippen molar-refractivity contribution in [3.8, 4) is 12.3 Å². The monoisotopic (exact) mass is 274 g/mol. The maximum Gasteiger partial charge on any atom is 0.315 e. The van der Waals surface area contributed by atoms with Crippen molar-refractivity contribution in [2.24, 2.45) is 0 Å². The molecule has 1 unspecified atom stereocenters. The number of carbonyl (C=O) groups excluding carboxylic acids is 1. The van der Waals surface area contributed by atoms with E-state index in [1.807, 2.05) is 30.3 Å². The lowest BCUT2D eigenvalue weighted by Gasteiger charge is -2.17. The highest BCUT2D eigenvalue weighted by Crippen LogP contribution is 2.05. The Morgan fingerprint density at radius 3 is 2.60 bits per heavy atom. The molecule has 1 aromatic rings. The van der Waals surface area contributed by atoms with Crippen LogP contribution >= 0.6 is 0 Å². The summed E-state index contributed by atoms with van der Waals surface area (Å²) in [6.07, 6.45) is 6.25. The molecule has 1 atom stereocenters. The van der Waals surface area contributed by atoms with Crippen LogP contribution in [0.1, 0.15) is 18.4 Å². The van der Waals surface area contributed by atoms with Crippen molar-refractivity contribution < 1.29 is 14.7 Å². The van der Waals surface area contributed by atoms with E-state index in [2.05, 4.69) is 16.6 Å². The van der Waals surface area contributed by atoms with E-state index in [0.717, 1.165) is 5.56 Å². The molecule has 20 heavy (non-hydrogen) atoms. The molecule has 0 spiro atoms. The van der Waals surface area contributed by atoms with Gasteiger partial charge in [0.2, 0.25) is 0 Å². The number of rotatable bonds is 7. The van der Waals surface area contributed by atoms with Gasteiger partial charge in [0.05, 0.1) is 6.42 Å². The van der Waals surface area contributed by atoms with Gasteiger partial charge in [0, 0.05) is 19.0 Å². The lowest BCUT2D eigenvalue weighted by atomic mass is 10.0. The first-order valence-electron chi connectivity index (χ1n) is 6.35. The first-order chi connectivity index (χ1) is 9.61. The third kappa shape index (κ3) is 6.45. The molecule has 1 rings (SSSR count). The molecule has 5 nitrogen and oxygen atoms in total. The molecular weight excluding hydrogens is 256 g/mol. The zero-order valence-electron chi connectivity index (χ0n) is 11.1. The number of nitrogens with one attached hydrogen (secondary N) is 2. The molecule has 3 N–H and O–H groups in total. The van der Waals surface area contributed by atoms with Gasteiger partial charge >= 0.3 is 12.0 Å². The summed E-state index contributed by atoms with van der Waals surface area (Å²) in [5.74, 6) is 1.58. The van der Waals surface area contributed by atoms with Crippen molar-refractivity contribution in [3.63, 3.8) is 0 Å². The largest absolute Gasteiger partial charge is 0.481 e. The lowest BCUT2D eigenvalue weighted by Crippen LogP contribution is -2.43. The van der Waals surface area contributed by atoms with Crippen LogP contribution in [0.2, 0.25) is 0 Å². The fourth-order valence-electron chi connectivity index (χ4n) is 1.73.